The second-order valence-corrected chi connectivity index (χ2v) is 5.39. The lowest BCUT2D eigenvalue weighted by Crippen LogP contribution is -2.13. The van der Waals surface area contributed by atoms with Crippen LogP contribution in [0.2, 0.25) is 0 Å². The Morgan fingerprint density at radius 3 is 2.33 bits per heavy atom. The van der Waals surface area contributed by atoms with E-state index >= 15 is 0 Å². The minimum absolute atomic E-state index is 0.208. The third-order valence-corrected chi connectivity index (χ3v) is 3.88. The van der Waals surface area contributed by atoms with E-state index in [1.807, 2.05) is 0 Å². The number of nitrogens with two attached hydrogens (primary N) is 1. The second kappa shape index (κ2) is 5.94. The maximum absolute atomic E-state index is 10.5. The van der Waals surface area contributed by atoms with Gasteiger partial charge in [0.05, 0.1) is 11.9 Å². The average Bonchev–Trinajstić information content (AvgIpc) is 2.69. The Hall–Kier alpha value is -1.45. The molecule has 18 heavy (non-hydrogen) atoms. The second-order valence-electron chi connectivity index (χ2n) is 5.39. The van der Waals surface area contributed by atoms with Crippen molar-refractivity contribution in [3.8, 4) is 0 Å². The van der Waals surface area contributed by atoms with Crippen LogP contribution in [-0.4, -0.2) is 15.9 Å². The van der Waals surface area contributed by atoms with Gasteiger partial charge in [0.25, 0.3) is 5.91 Å². The smallest absolute Gasteiger partial charge is 0.268 e. The van der Waals surface area contributed by atoms with E-state index in [-0.39, 0.29) is 5.69 Å². The zero-order valence-electron chi connectivity index (χ0n) is 10.9. The number of primary amides is 1. The number of rotatable bonds is 1. The average molecular weight is 247 g/mol. The van der Waals surface area contributed by atoms with Gasteiger partial charge >= 0.3 is 0 Å². The van der Waals surface area contributed by atoms with Gasteiger partial charge in [-0.3, -0.25) is 9.78 Å². The first-order chi connectivity index (χ1) is 8.65. The van der Waals surface area contributed by atoms with E-state index in [9.17, 15) is 4.79 Å². The Labute approximate surface area is 108 Å². The molecule has 2 N–H and O–H groups in total. The van der Waals surface area contributed by atoms with Gasteiger partial charge in [-0.05, 0) is 25.2 Å². The number of hydrogen-bond donors (Lipinski definition) is 1. The van der Waals surface area contributed by atoms with E-state index in [1.165, 1.54) is 12.6 Å². The first-order valence-corrected chi connectivity index (χ1v) is 6.73. The number of amides is 1. The van der Waals surface area contributed by atoms with Crippen molar-refractivity contribution in [1.29, 1.82) is 0 Å². The number of fused-ring (bicyclic) bond motifs is 2. The normalized spacial score (nSPS) is 25.2. The van der Waals surface area contributed by atoms with Crippen molar-refractivity contribution in [2.75, 3.05) is 0 Å². The molecular weight excluding hydrogens is 226 g/mol. The van der Waals surface area contributed by atoms with Crippen molar-refractivity contribution in [2.45, 2.75) is 45.4 Å². The lowest BCUT2D eigenvalue weighted by atomic mass is 9.89. The van der Waals surface area contributed by atoms with Gasteiger partial charge in [0.2, 0.25) is 0 Å². The summed E-state index contributed by atoms with van der Waals surface area (Å²) in [6.07, 6.45) is 12.2. The molecule has 1 heterocycles. The molecule has 0 aliphatic heterocycles. The molecule has 0 spiro atoms. The van der Waals surface area contributed by atoms with Crippen molar-refractivity contribution < 1.29 is 4.79 Å². The maximum Gasteiger partial charge on any atom is 0.268 e. The minimum Gasteiger partial charge on any atom is -0.364 e. The molecule has 0 saturated heterocycles. The molecule has 0 aromatic carbocycles. The van der Waals surface area contributed by atoms with E-state index in [0.29, 0.717) is 5.69 Å². The Balaban J connectivity index is 0.000000136. The zero-order valence-corrected chi connectivity index (χ0v) is 10.9. The first kappa shape index (κ1) is 13.0. The van der Waals surface area contributed by atoms with Crippen molar-refractivity contribution in [2.24, 2.45) is 17.6 Å². The molecule has 1 aromatic rings. The SMILES string of the molecule is C1CC2CCC(C1)C2.Cc1cncc(C(N)=O)n1. The van der Waals surface area contributed by atoms with Gasteiger partial charge < -0.3 is 5.73 Å². The van der Waals surface area contributed by atoms with Crippen LogP contribution in [0.15, 0.2) is 12.4 Å². The standard InChI is InChI=1S/C8H14.C6H7N3O/c1-2-7-4-5-8(3-1)6-7;1-4-2-8-3-5(9-4)6(7)10/h7-8H,1-6H2;2-3H,1H3,(H2,7,10). The van der Waals surface area contributed by atoms with Crippen LogP contribution in [0.3, 0.4) is 0 Å². The third kappa shape index (κ3) is 3.52. The molecule has 4 nitrogen and oxygen atoms in total. The molecular formula is C14H21N3O. The zero-order chi connectivity index (χ0) is 13.0. The summed E-state index contributed by atoms with van der Waals surface area (Å²) in [7, 11) is 0. The molecule has 1 amide bonds. The monoisotopic (exact) mass is 247 g/mol. The van der Waals surface area contributed by atoms with E-state index in [0.717, 1.165) is 11.8 Å². The van der Waals surface area contributed by atoms with Crippen LogP contribution in [-0.2, 0) is 0 Å². The van der Waals surface area contributed by atoms with E-state index in [2.05, 4.69) is 9.97 Å². The number of carbonyl (C=O) groups excluding carboxylic acids is 1. The quantitative estimate of drug-likeness (QED) is 0.828. The first-order valence-electron chi connectivity index (χ1n) is 6.73. The predicted molar refractivity (Wildman–Crippen MR) is 70.0 cm³/mol. The number of nitrogens with zero attached hydrogens (tertiary/aromatic N) is 2. The molecule has 2 unspecified atom stereocenters. The fourth-order valence-corrected chi connectivity index (χ4v) is 2.98. The summed E-state index contributed by atoms with van der Waals surface area (Å²) in [6, 6.07) is 0. The van der Waals surface area contributed by atoms with Gasteiger partial charge in [-0.1, -0.05) is 32.1 Å². The van der Waals surface area contributed by atoms with Crippen molar-refractivity contribution in [3.05, 3.63) is 23.8 Å². The van der Waals surface area contributed by atoms with E-state index in [1.54, 1.807) is 45.2 Å². The summed E-state index contributed by atoms with van der Waals surface area (Å²) in [4.78, 5) is 18.1. The molecule has 3 rings (SSSR count). The summed E-state index contributed by atoms with van der Waals surface area (Å²) >= 11 is 0. The number of hydrogen-bond acceptors (Lipinski definition) is 3. The Kier molecular flexibility index (Phi) is 4.28. The molecule has 1 aromatic heterocycles. The summed E-state index contributed by atoms with van der Waals surface area (Å²) in [5, 5.41) is 0. The van der Waals surface area contributed by atoms with Crippen LogP contribution in [0.4, 0.5) is 0 Å². The number of carbonyl (C=O) groups is 1. The maximum atomic E-state index is 10.5. The number of aryl methyl sites for hydroxylation is 1. The third-order valence-electron chi connectivity index (χ3n) is 3.88. The van der Waals surface area contributed by atoms with Gasteiger partial charge in [-0.2, -0.15) is 0 Å². The Morgan fingerprint density at radius 2 is 1.89 bits per heavy atom. The van der Waals surface area contributed by atoms with Crippen molar-refractivity contribution in [3.63, 3.8) is 0 Å². The molecule has 4 heteroatoms. The van der Waals surface area contributed by atoms with Gasteiger partial charge in [0, 0.05) is 6.20 Å². The fraction of sp³-hybridized carbons (Fsp3) is 0.643. The largest absolute Gasteiger partial charge is 0.364 e. The van der Waals surface area contributed by atoms with Crippen LogP contribution in [0.25, 0.3) is 0 Å². The summed E-state index contributed by atoms with van der Waals surface area (Å²) in [5.41, 5.74) is 5.84. The minimum atomic E-state index is -0.545. The van der Waals surface area contributed by atoms with Crippen molar-refractivity contribution >= 4 is 5.91 Å². The van der Waals surface area contributed by atoms with Gasteiger partial charge in [0.15, 0.2) is 0 Å². The van der Waals surface area contributed by atoms with Crippen LogP contribution in [0, 0.1) is 18.8 Å². The summed E-state index contributed by atoms with van der Waals surface area (Å²) in [5.74, 6) is 1.78. The summed E-state index contributed by atoms with van der Waals surface area (Å²) in [6.45, 7) is 1.75. The predicted octanol–water partition coefficient (Wildman–Crippen LogP) is 2.47. The molecule has 2 aliphatic carbocycles. The summed E-state index contributed by atoms with van der Waals surface area (Å²) < 4.78 is 0. The molecule has 2 saturated carbocycles. The highest BCUT2D eigenvalue weighted by Crippen LogP contribution is 2.41. The molecule has 2 aliphatic rings. The molecule has 98 valence electrons. The van der Waals surface area contributed by atoms with Gasteiger partial charge in [0.1, 0.15) is 5.69 Å². The van der Waals surface area contributed by atoms with E-state index < -0.39 is 5.91 Å². The highest BCUT2D eigenvalue weighted by Gasteiger charge is 2.27. The van der Waals surface area contributed by atoms with Gasteiger partial charge in [-0.25, -0.2) is 4.98 Å². The van der Waals surface area contributed by atoms with Crippen LogP contribution >= 0.6 is 0 Å². The molecule has 2 bridgehead atoms. The van der Waals surface area contributed by atoms with Crippen LogP contribution in [0.5, 0.6) is 0 Å². The highest BCUT2D eigenvalue weighted by atomic mass is 16.1. The molecule has 0 radical (unpaired) electrons. The van der Waals surface area contributed by atoms with E-state index in [4.69, 9.17) is 5.73 Å². The molecule has 2 fully saturated rings. The fourth-order valence-electron chi connectivity index (χ4n) is 2.98. The Morgan fingerprint density at radius 1 is 1.22 bits per heavy atom. The van der Waals surface area contributed by atoms with Gasteiger partial charge in [-0.15, -0.1) is 0 Å². The number of aromatic nitrogens is 2. The Bertz CT molecular complexity index is 405. The lowest BCUT2D eigenvalue weighted by molar-refractivity contribution is 0.0995. The highest BCUT2D eigenvalue weighted by molar-refractivity contribution is 5.90. The lowest BCUT2D eigenvalue weighted by Gasteiger charge is -2.16. The van der Waals surface area contributed by atoms with Crippen LogP contribution < -0.4 is 5.73 Å². The van der Waals surface area contributed by atoms with Crippen LogP contribution in [0.1, 0.15) is 54.7 Å². The topological polar surface area (TPSA) is 68.9 Å². The molecule has 2 atom stereocenters. The van der Waals surface area contributed by atoms with Crippen molar-refractivity contribution in [1.82, 2.24) is 9.97 Å².